The lowest BCUT2D eigenvalue weighted by Gasteiger charge is -2.40. The van der Waals surface area contributed by atoms with Gasteiger partial charge in [-0.1, -0.05) is 12.8 Å². The van der Waals surface area contributed by atoms with Gasteiger partial charge in [-0.05, 0) is 53.1 Å². The highest BCUT2D eigenvalue weighted by molar-refractivity contribution is 9.10. The topological polar surface area (TPSA) is 42.1 Å². The molecule has 1 spiro atoms. The number of rotatable bonds is 2. The Labute approximate surface area is 123 Å². The molecule has 1 aromatic heterocycles. The highest BCUT2D eigenvalue weighted by Gasteiger charge is 2.37. The van der Waals surface area contributed by atoms with Crippen LogP contribution in [0.1, 0.15) is 44.1 Å². The molecule has 0 amide bonds. The third kappa shape index (κ3) is 2.65. The van der Waals surface area contributed by atoms with Gasteiger partial charge in [0.05, 0.1) is 0 Å². The molecule has 0 radical (unpaired) electrons. The molecule has 1 aromatic rings. The second kappa shape index (κ2) is 5.41. The highest BCUT2D eigenvalue weighted by atomic mass is 79.9. The zero-order valence-corrected chi connectivity index (χ0v) is 13.0. The van der Waals surface area contributed by atoms with Gasteiger partial charge >= 0.3 is 0 Å². The first-order valence-corrected chi connectivity index (χ1v) is 8.11. The number of nitrogens with zero attached hydrogens (tertiary/aromatic N) is 2. The Morgan fingerprint density at radius 3 is 2.53 bits per heavy atom. The summed E-state index contributed by atoms with van der Waals surface area (Å²) in [5.41, 5.74) is 7.67. The summed E-state index contributed by atoms with van der Waals surface area (Å²) in [5.74, 6) is 1.10. The lowest BCUT2D eigenvalue weighted by molar-refractivity contribution is 0.226. The van der Waals surface area contributed by atoms with Crippen LogP contribution in [0.3, 0.4) is 0 Å². The van der Waals surface area contributed by atoms with E-state index in [1.807, 2.05) is 6.20 Å². The third-order valence-corrected chi connectivity index (χ3v) is 5.35. The van der Waals surface area contributed by atoms with Crippen LogP contribution < -0.4 is 10.6 Å². The summed E-state index contributed by atoms with van der Waals surface area (Å²) in [6, 6.07) is 2.10. The Hall–Kier alpha value is -0.610. The lowest BCUT2D eigenvalue weighted by Crippen LogP contribution is -2.39. The van der Waals surface area contributed by atoms with E-state index in [9.17, 15) is 0 Å². The molecule has 0 aromatic carbocycles. The fourth-order valence-corrected chi connectivity index (χ4v) is 4.11. The van der Waals surface area contributed by atoms with Gasteiger partial charge in [0.25, 0.3) is 0 Å². The quantitative estimate of drug-likeness (QED) is 0.906. The summed E-state index contributed by atoms with van der Waals surface area (Å²) in [5, 5.41) is 0. The smallest absolute Gasteiger partial charge is 0.133 e. The van der Waals surface area contributed by atoms with Gasteiger partial charge in [0.1, 0.15) is 5.82 Å². The van der Waals surface area contributed by atoms with Gasteiger partial charge in [-0.3, -0.25) is 0 Å². The van der Waals surface area contributed by atoms with Crippen molar-refractivity contribution in [2.24, 2.45) is 11.1 Å². The summed E-state index contributed by atoms with van der Waals surface area (Å²) in [7, 11) is 0. The minimum Gasteiger partial charge on any atom is -0.356 e. The number of halogens is 1. The molecule has 1 aliphatic heterocycles. The molecule has 2 heterocycles. The monoisotopic (exact) mass is 323 g/mol. The second-order valence-corrected chi connectivity index (χ2v) is 6.95. The van der Waals surface area contributed by atoms with E-state index in [4.69, 9.17) is 5.73 Å². The van der Waals surface area contributed by atoms with Crippen LogP contribution >= 0.6 is 15.9 Å². The number of aromatic nitrogens is 1. The Kier molecular flexibility index (Phi) is 3.81. The van der Waals surface area contributed by atoms with Crippen molar-refractivity contribution >= 4 is 21.7 Å². The number of pyridine rings is 1. The van der Waals surface area contributed by atoms with E-state index in [1.165, 1.54) is 38.5 Å². The predicted octanol–water partition coefficient (Wildman–Crippen LogP) is 3.46. The summed E-state index contributed by atoms with van der Waals surface area (Å²) < 4.78 is 1.01. The van der Waals surface area contributed by atoms with Crippen molar-refractivity contribution in [3.63, 3.8) is 0 Å². The van der Waals surface area contributed by atoms with Crippen LogP contribution in [-0.4, -0.2) is 18.1 Å². The maximum Gasteiger partial charge on any atom is 0.133 e. The standard InChI is InChI=1S/C15H22BrN3/c16-13-9-12(10-17)14(18-11-13)19-7-5-15(6-8-19)3-1-2-4-15/h9,11H,1-8,10,17H2. The molecular formula is C15H22BrN3. The van der Waals surface area contributed by atoms with E-state index in [0.717, 1.165) is 28.9 Å². The summed E-state index contributed by atoms with van der Waals surface area (Å²) in [6.07, 6.45) is 10.3. The van der Waals surface area contributed by atoms with E-state index in [1.54, 1.807) is 0 Å². The molecule has 0 atom stereocenters. The fourth-order valence-electron chi connectivity index (χ4n) is 3.73. The van der Waals surface area contributed by atoms with Gasteiger partial charge < -0.3 is 10.6 Å². The van der Waals surface area contributed by atoms with Crippen LogP contribution in [0.2, 0.25) is 0 Å². The van der Waals surface area contributed by atoms with Gasteiger partial charge in [0.2, 0.25) is 0 Å². The molecule has 1 saturated carbocycles. The number of piperidine rings is 1. The summed E-state index contributed by atoms with van der Waals surface area (Å²) in [4.78, 5) is 7.02. The SMILES string of the molecule is NCc1cc(Br)cnc1N1CCC2(CCCC2)CC1. The molecule has 104 valence electrons. The summed E-state index contributed by atoms with van der Waals surface area (Å²) >= 11 is 3.47. The van der Waals surface area contributed by atoms with E-state index >= 15 is 0 Å². The lowest BCUT2D eigenvalue weighted by atomic mass is 9.77. The molecule has 3 nitrogen and oxygen atoms in total. The average Bonchev–Trinajstić information content (AvgIpc) is 2.88. The minimum atomic E-state index is 0.559. The first-order chi connectivity index (χ1) is 9.22. The Bertz CT molecular complexity index is 445. The van der Waals surface area contributed by atoms with Crippen molar-refractivity contribution in [3.8, 4) is 0 Å². The third-order valence-electron chi connectivity index (χ3n) is 4.92. The molecule has 0 unspecified atom stereocenters. The van der Waals surface area contributed by atoms with Crippen LogP contribution in [0.5, 0.6) is 0 Å². The molecule has 3 rings (SSSR count). The first-order valence-electron chi connectivity index (χ1n) is 7.32. The Morgan fingerprint density at radius 1 is 1.21 bits per heavy atom. The van der Waals surface area contributed by atoms with E-state index in [0.29, 0.717) is 12.0 Å². The summed E-state index contributed by atoms with van der Waals surface area (Å²) in [6.45, 7) is 2.84. The van der Waals surface area contributed by atoms with E-state index < -0.39 is 0 Å². The highest BCUT2D eigenvalue weighted by Crippen LogP contribution is 2.46. The maximum atomic E-state index is 5.85. The first kappa shape index (κ1) is 13.4. The van der Waals surface area contributed by atoms with Crippen LogP contribution in [0.4, 0.5) is 5.82 Å². The van der Waals surface area contributed by atoms with Crippen molar-refractivity contribution in [1.82, 2.24) is 4.98 Å². The molecule has 19 heavy (non-hydrogen) atoms. The Balaban J connectivity index is 1.74. The number of hydrogen-bond acceptors (Lipinski definition) is 3. The van der Waals surface area contributed by atoms with Crippen LogP contribution in [0.25, 0.3) is 0 Å². The molecule has 1 aliphatic carbocycles. The zero-order valence-electron chi connectivity index (χ0n) is 11.4. The number of hydrogen-bond donors (Lipinski definition) is 1. The van der Waals surface area contributed by atoms with Crippen molar-refractivity contribution < 1.29 is 0 Å². The van der Waals surface area contributed by atoms with E-state index in [-0.39, 0.29) is 0 Å². The van der Waals surface area contributed by atoms with Gasteiger partial charge in [-0.25, -0.2) is 4.98 Å². The average molecular weight is 324 g/mol. The van der Waals surface area contributed by atoms with E-state index in [2.05, 4.69) is 31.9 Å². The number of anilines is 1. The van der Waals surface area contributed by atoms with Gasteiger partial charge in [0, 0.05) is 35.9 Å². The Morgan fingerprint density at radius 2 is 1.89 bits per heavy atom. The zero-order chi connectivity index (χ0) is 13.3. The predicted molar refractivity (Wildman–Crippen MR) is 82.2 cm³/mol. The van der Waals surface area contributed by atoms with Gasteiger partial charge in [-0.2, -0.15) is 0 Å². The van der Waals surface area contributed by atoms with Crippen molar-refractivity contribution in [1.29, 1.82) is 0 Å². The maximum absolute atomic E-state index is 5.85. The van der Waals surface area contributed by atoms with Crippen molar-refractivity contribution in [2.45, 2.75) is 45.1 Å². The molecule has 4 heteroatoms. The molecule has 0 bridgehead atoms. The number of nitrogens with two attached hydrogens (primary N) is 1. The molecule has 2 N–H and O–H groups in total. The van der Waals surface area contributed by atoms with Gasteiger partial charge in [-0.15, -0.1) is 0 Å². The van der Waals surface area contributed by atoms with Crippen molar-refractivity contribution in [2.75, 3.05) is 18.0 Å². The second-order valence-electron chi connectivity index (χ2n) is 6.03. The van der Waals surface area contributed by atoms with Crippen LogP contribution in [0, 0.1) is 5.41 Å². The molecule has 1 saturated heterocycles. The normalized spacial score (nSPS) is 22.1. The van der Waals surface area contributed by atoms with Crippen LogP contribution in [0.15, 0.2) is 16.7 Å². The van der Waals surface area contributed by atoms with Crippen molar-refractivity contribution in [3.05, 3.63) is 22.3 Å². The fraction of sp³-hybridized carbons (Fsp3) is 0.667. The molecule has 2 aliphatic rings. The van der Waals surface area contributed by atoms with Gasteiger partial charge in [0.15, 0.2) is 0 Å². The van der Waals surface area contributed by atoms with Crippen LogP contribution in [-0.2, 0) is 6.54 Å². The molecular weight excluding hydrogens is 302 g/mol. The molecule has 2 fully saturated rings. The minimum absolute atomic E-state index is 0.559. The largest absolute Gasteiger partial charge is 0.356 e.